The third-order valence-electron chi connectivity index (χ3n) is 4.95. The van der Waals surface area contributed by atoms with Crippen molar-refractivity contribution in [3.8, 4) is 5.88 Å². The lowest BCUT2D eigenvalue weighted by Gasteiger charge is -2.35. The first-order valence-electron chi connectivity index (χ1n) is 9.44. The van der Waals surface area contributed by atoms with Gasteiger partial charge in [0.05, 0.1) is 11.9 Å². The van der Waals surface area contributed by atoms with Crippen molar-refractivity contribution in [3.05, 3.63) is 18.3 Å². The van der Waals surface area contributed by atoms with Gasteiger partial charge in [-0.1, -0.05) is 6.92 Å². The number of amides is 2. The Hall–Kier alpha value is -2.15. The average molecular weight is 361 g/mol. The maximum absolute atomic E-state index is 12.6. The maximum Gasteiger partial charge on any atom is 0.225 e. The number of hydrogen-bond donors (Lipinski definition) is 1. The summed E-state index contributed by atoms with van der Waals surface area (Å²) in [6.45, 7) is 4.64. The molecule has 7 nitrogen and oxygen atoms in total. The van der Waals surface area contributed by atoms with Gasteiger partial charge in [-0.25, -0.2) is 4.98 Å². The number of nitrogens with one attached hydrogen (secondary N) is 1. The largest absolute Gasteiger partial charge is 0.474 e. The molecule has 1 aromatic heterocycles. The Balaban J connectivity index is 1.45. The molecule has 1 aromatic rings. The zero-order valence-corrected chi connectivity index (χ0v) is 15.3. The Kier molecular flexibility index (Phi) is 6.44. The van der Waals surface area contributed by atoms with E-state index in [1.54, 1.807) is 25.3 Å². The van der Waals surface area contributed by atoms with Crippen LogP contribution in [-0.4, -0.2) is 54.1 Å². The van der Waals surface area contributed by atoms with Crippen molar-refractivity contribution in [3.63, 3.8) is 0 Å². The van der Waals surface area contributed by atoms with Crippen LogP contribution in [0.3, 0.4) is 0 Å². The number of piperidine rings is 1. The number of rotatable bonds is 5. The van der Waals surface area contributed by atoms with E-state index < -0.39 is 0 Å². The number of aromatic nitrogens is 1. The Morgan fingerprint density at radius 3 is 2.58 bits per heavy atom. The molecule has 2 fully saturated rings. The molecule has 3 heterocycles. The van der Waals surface area contributed by atoms with E-state index >= 15 is 0 Å². The van der Waals surface area contributed by atoms with Crippen LogP contribution in [-0.2, 0) is 14.3 Å². The summed E-state index contributed by atoms with van der Waals surface area (Å²) in [6.07, 6.45) is 5.39. The molecule has 0 atom stereocenters. The summed E-state index contributed by atoms with van der Waals surface area (Å²) in [5.41, 5.74) is 0.668. The molecule has 0 aromatic carbocycles. The van der Waals surface area contributed by atoms with E-state index in [1.807, 2.05) is 4.90 Å². The van der Waals surface area contributed by atoms with Crippen molar-refractivity contribution in [2.75, 3.05) is 31.6 Å². The standard InChI is InChI=1S/C19H27N3O4/c1-2-17(23)21-15-3-4-18(20-13-15)26-16-5-9-22(10-6-16)19(24)14-7-11-25-12-8-14/h3-4,13-14,16H,2,5-12H2,1H3,(H,21,23). The minimum absolute atomic E-state index is 0.0398. The fraction of sp³-hybridized carbons (Fsp3) is 0.632. The number of nitrogens with zero attached hydrogens (tertiary/aromatic N) is 2. The molecule has 2 aliphatic rings. The second-order valence-electron chi connectivity index (χ2n) is 6.82. The molecule has 0 unspecified atom stereocenters. The first kappa shape index (κ1) is 18.6. The van der Waals surface area contributed by atoms with Gasteiger partial charge in [-0.2, -0.15) is 0 Å². The molecule has 26 heavy (non-hydrogen) atoms. The number of pyridine rings is 1. The van der Waals surface area contributed by atoms with E-state index in [-0.39, 0.29) is 23.8 Å². The van der Waals surface area contributed by atoms with Crippen LogP contribution in [0.15, 0.2) is 18.3 Å². The summed E-state index contributed by atoms with van der Waals surface area (Å²) in [5, 5.41) is 2.76. The van der Waals surface area contributed by atoms with E-state index in [9.17, 15) is 9.59 Å². The smallest absolute Gasteiger partial charge is 0.225 e. The van der Waals surface area contributed by atoms with Crippen molar-refractivity contribution in [1.82, 2.24) is 9.88 Å². The molecule has 0 aliphatic carbocycles. The first-order valence-corrected chi connectivity index (χ1v) is 9.44. The van der Waals surface area contributed by atoms with Gasteiger partial charge in [0.1, 0.15) is 6.10 Å². The number of ether oxygens (including phenoxy) is 2. The summed E-state index contributed by atoms with van der Waals surface area (Å²) < 4.78 is 11.3. The SMILES string of the molecule is CCC(=O)Nc1ccc(OC2CCN(C(=O)C3CCOCC3)CC2)nc1. The second-order valence-corrected chi connectivity index (χ2v) is 6.82. The monoisotopic (exact) mass is 361 g/mol. The number of carbonyl (C=O) groups is 2. The van der Waals surface area contributed by atoms with Gasteiger partial charge < -0.3 is 19.7 Å². The summed E-state index contributed by atoms with van der Waals surface area (Å²) in [6, 6.07) is 3.56. The number of hydrogen-bond acceptors (Lipinski definition) is 5. The summed E-state index contributed by atoms with van der Waals surface area (Å²) in [5.74, 6) is 0.894. The molecule has 0 radical (unpaired) electrons. The van der Waals surface area contributed by atoms with Crippen LogP contribution in [0.2, 0.25) is 0 Å². The van der Waals surface area contributed by atoms with Gasteiger partial charge in [0.15, 0.2) is 0 Å². The van der Waals surface area contributed by atoms with Crippen LogP contribution in [0, 0.1) is 5.92 Å². The van der Waals surface area contributed by atoms with Gasteiger partial charge in [0.25, 0.3) is 0 Å². The number of likely N-dealkylation sites (tertiary alicyclic amines) is 1. The zero-order valence-electron chi connectivity index (χ0n) is 15.3. The zero-order chi connectivity index (χ0) is 18.4. The third kappa shape index (κ3) is 4.94. The fourth-order valence-electron chi connectivity index (χ4n) is 3.34. The van der Waals surface area contributed by atoms with Crippen molar-refractivity contribution in [1.29, 1.82) is 0 Å². The molecule has 7 heteroatoms. The van der Waals surface area contributed by atoms with Crippen LogP contribution in [0.25, 0.3) is 0 Å². The fourth-order valence-corrected chi connectivity index (χ4v) is 3.34. The molecular formula is C19H27N3O4. The highest BCUT2D eigenvalue weighted by molar-refractivity contribution is 5.90. The third-order valence-corrected chi connectivity index (χ3v) is 4.95. The van der Waals surface area contributed by atoms with E-state index in [4.69, 9.17) is 9.47 Å². The average Bonchev–Trinajstić information content (AvgIpc) is 2.70. The van der Waals surface area contributed by atoms with Crippen molar-refractivity contribution in [2.45, 2.75) is 45.1 Å². The van der Waals surface area contributed by atoms with Crippen LogP contribution in [0.4, 0.5) is 5.69 Å². The molecular weight excluding hydrogens is 334 g/mol. The van der Waals surface area contributed by atoms with Crippen molar-refractivity contribution >= 4 is 17.5 Å². The molecule has 1 N–H and O–H groups in total. The summed E-state index contributed by atoms with van der Waals surface area (Å²) >= 11 is 0. The van der Waals surface area contributed by atoms with Crippen LogP contribution in [0.1, 0.15) is 39.0 Å². The molecule has 2 saturated heterocycles. The first-order chi connectivity index (χ1) is 12.7. The highest BCUT2D eigenvalue weighted by Gasteiger charge is 2.30. The predicted molar refractivity (Wildman–Crippen MR) is 96.9 cm³/mol. The van der Waals surface area contributed by atoms with Crippen LogP contribution >= 0.6 is 0 Å². The molecule has 142 valence electrons. The molecule has 2 aliphatic heterocycles. The van der Waals surface area contributed by atoms with Gasteiger partial charge in [-0.3, -0.25) is 9.59 Å². The lowest BCUT2D eigenvalue weighted by atomic mass is 9.97. The number of carbonyl (C=O) groups excluding carboxylic acids is 2. The van der Waals surface area contributed by atoms with E-state index in [0.717, 1.165) is 38.8 Å². The predicted octanol–water partition coefficient (Wildman–Crippen LogP) is 2.23. The minimum Gasteiger partial charge on any atom is -0.474 e. The van der Waals surface area contributed by atoms with Gasteiger partial charge >= 0.3 is 0 Å². The summed E-state index contributed by atoms with van der Waals surface area (Å²) in [4.78, 5) is 30.1. The lowest BCUT2D eigenvalue weighted by Crippen LogP contribution is -2.45. The van der Waals surface area contributed by atoms with Gasteiger partial charge in [-0.05, 0) is 18.9 Å². The van der Waals surface area contributed by atoms with Gasteiger partial charge in [-0.15, -0.1) is 0 Å². The van der Waals surface area contributed by atoms with Gasteiger partial charge in [0, 0.05) is 57.6 Å². The van der Waals surface area contributed by atoms with Crippen LogP contribution in [0.5, 0.6) is 5.88 Å². The van der Waals surface area contributed by atoms with Crippen LogP contribution < -0.4 is 10.1 Å². The molecule has 0 saturated carbocycles. The highest BCUT2D eigenvalue weighted by atomic mass is 16.5. The van der Waals surface area contributed by atoms with E-state index in [2.05, 4.69) is 10.3 Å². The number of anilines is 1. The Labute approximate surface area is 154 Å². The Bertz CT molecular complexity index is 606. The Morgan fingerprint density at radius 2 is 1.96 bits per heavy atom. The molecule has 3 rings (SSSR count). The maximum atomic E-state index is 12.6. The van der Waals surface area contributed by atoms with Gasteiger partial charge in [0.2, 0.25) is 17.7 Å². The molecule has 0 spiro atoms. The minimum atomic E-state index is -0.0398. The highest BCUT2D eigenvalue weighted by Crippen LogP contribution is 2.23. The summed E-state index contributed by atoms with van der Waals surface area (Å²) in [7, 11) is 0. The van der Waals surface area contributed by atoms with Crippen molar-refractivity contribution in [2.24, 2.45) is 5.92 Å². The van der Waals surface area contributed by atoms with E-state index in [1.165, 1.54) is 0 Å². The second kappa shape index (κ2) is 8.98. The van der Waals surface area contributed by atoms with Crippen molar-refractivity contribution < 1.29 is 19.1 Å². The lowest BCUT2D eigenvalue weighted by molar-refractivity contribution is -0.140. The molecule has 0 bridgehead atoms. The quantitative estimate of drug-likeness (QED) is 0.870. The molecule has 2 amide bonds. The normalized spacial score (nSPS) is 19.2. The Morgan fingerprint density at radius 1 is 1.23 bits per heavy atom. The topological polar surface area (TPSA) is 80.8 Å². The van der Waals surface area contributed by atoms with E-state index in [0.29, 0.717) is 31.2 Å².